The predicted molar refractivity (Wildman–Crippen MR) is 89.9 cm³/mol. The van der Waals surface area contributed by atoms with Crippen molar-refractivity contribution in [1.29, 1.82) is 0 Å². The maximum Gasteiger partial charge on any atom is 0.0861 e. The van der Waals surface area contributed by atoms with Gasteiger partial charge < -0.3 is 0 Å². The molecule has 0 bridgehead atoms. The zero-order valence-electron chi connectivity index (χ0n) is 11.3. The molecular weight excluding hydrogens is 360 g/mol. The number of allylic oxidation sites excluding steroid dienone is 2. The van der Waals surface area contributed by atoms with Crippen LogP contribution in [0.4, 0.5) is 0 Å². The van der Waals surface area contributed by atoms with E-state index in [1.165, 1.54) is 8.21 Å². The van der Waals surface area contributed by atoms with Crippen molar-refractivity contribution in [2.24, 2.45) is 0 Å². The van der Waals surface area contributed by atoms with E-state index in [2.05, 4.69) is 83.3 Å². The monoisotopic (exact) mass is 382 g/mol. The Balaban J connectivity index is 4.21. The van der Waals surface area contributed by atoms with Crippen LogP contribution >= 0.6 is 31.9 Å². The molecule has 0 saturated carbocycles. The molecule has 0 aliphatic heterocycles. The molecule has 0 N–H and O–H groups in total. The van der Waals surface area contributed by atoms with Gasteiger partial charge in [-0.15, -0.1) is 0 Å². The summed E-state index contributed by atoms with van der Waals surface area (Å²) in [6.07, 6.45) is 7.00. The molecule has 16 heavy (non-hydrogen) atoms. The summed E-state index contributed by atoms with van der Waals surface area (Å²) in [7, 11) is -2.24. The largest absolute Gasteiger partial charge is 0.0861 e. The third kappa shape index (κ3) is 7.25. The van der Waals surface area contributed by atoms with Crippen molar-refractivity contribution in [2.45, 2.75) is 52.1 Å². The van der Waals surface area contributed by atoms with Crippen molar-refractivity contribution < 1.29 is 0 Å². The number of hydrogen-bond acceptors (Lipinski definition) is 0. The standard InChI is InChI=1S/C12H24Br2Si2/c1-15(2,3)11(13)9-7-8-10-12(14)16(4,5)6/h9-10H,7-8H2,1-6H3/b11-9+,12-10+. The summed E-state index contributed by atoms with van der Waals surface area (Å²) in [4.78, 5) is 0. The van der Waals surface area contributed by atoms with E-state index in [0.717, 1.165) is 12.8 Å². The highest BCUT2D eigenvalue weighted by Crippen LogP contribution is 2.23. The normalized spacial score (nSPS) is 15.5. The summed E-state index contributed by atoms with van der Waals surface area (Å²) in [5.41, 5.74) is 0. The van der Waals surface area contributed by atoms with Crippen LogP contribution in [-0.2, 0) is 0 Å². The Morgan fingerprint density at radius 2 is 1.00 bits per heavy atom. The van der Waals surface area contributed by atoms with Crippen LogP contribution in [0.1, 0.15) is 12.8 Å². The van der Waals surface area contributed by atoms with Crippen LogP contribution in [0.25, 0.3) is 0 Å². The van der Waals surface area contributed by atoms with Crippen molar-refractivity contribution >= 4 is 48.0 Å². The molecular formula is C12H24Br2Si2. The molecule has 0 rings (SSSR count). The molecule has 0 radical (unpaired) electrons. The Bertz CT molecular complexity index is 250. The van der Waals surface area contributed by atoms with Crippen molar-refractivity contribution in [3.8, 4) is 0 Å². The highest BCUT2D eigenvalue weighted by Gasteiger charge is 2.17. The summed E-state index contributed by atoms with van der Waals surface area (Å²) in [6.45, 7) is 14.2. The molecule has 0 heterocycles. The minimum Gasteiger partial charge on any atom is -0.0782 e. The van der Waals surface area contributed by atoms with E-state index in [9.17, 15) is 0 Å². The minimum atomic E-state index is -1.12. The van der Waals surface area contributed by atoms with Gasteiger partial charge in [0.2, 0.25) is 0 Å². The number of rotatable bonds is 5. The van der Waals surface area contributed by atoms with E-state index in [4.69, 9.17) is 0 Å². The molecule has 0 atom stereocenters. The van der Waals surface area contributed by atoms with Crippen LogP contribution in [0.2, 0.25) is 39.3 Å². The Kier molecular flexibility index (Phi) is 7.08. The predicted octanol–water partition coefficient (Wildman–Crippen LogP) is 6.08. The van der Waals surface area contributed by atoms with Crippen LogP contribution in [0.5, 0.6) is 0 Å². The van der Waals surface area contributed by atoms with Gasteiger partial charge in [-0.1, -0.05) is 83.3 Å². The van der Waals surface area contributed by atoms with Gasteiger partial charge in [0.1, 0.15) is 0 Å². The number of halogens is 2. The second-order valence-electron chi connectivity index (χ2n) is 6.18. The fraction of sp³-hybridized carbons (Fsp3) is 0.667. The molecule has 0 fully saturated rings. The molecule has 0 aromatic rings. The molecule has 0 saturated heterocycles. The van der Waals surface area contributed by atoms with Gasteiger partial charge in [0, 0.05) is 0 Å². The van der Waals surface area contributed by atoms with Crippen LogP contribution in [0.3, 0.4) is 0 Å². The lowest BCUT2D eigenvalue weighted by molar-refractivity contribution is 1.05. The molecule has 0 spiro atoms. The van der Waals surface area contributed by atoms with Crippen molar-refractivity contribution in [1.82, 2.24) is 0 Å². The Labute approximate surface area is 120 Å². The number of hydrogen-bond donors (Lipinski definition) is 0. The number of unbranched alkanes of at least 4 members (excludes halogenated alkanes) is 1. The molecule has 0 aromatic carbocycles. The second kappa shape index (κ2) is 6.71. The summed E-state index contributed by atoms with van der Waals surface area (Å²) in [6, 6.07) is 0. The van der Waals surface area contributed by atoms with Gasteiger partial charge in [0.05, 0.1) is 16.1 Å². The fourth-order valence-corrected chi connectivity index (χ4v) is 3.00. The third-order valence-electron chi connectivity index (χ3n) is 2.25. The van der Waals surface area contributed by atoms with Crippen LogP contribution < -0.4 is 0 Å². The van der Waals surface area contributed by atoms with Gasteiger partial charge in [0.15, 0.2) is 0 Å². The highest BCUT2D eigenvalue weighted by atomic mass is 79.9. The summed E-state index contributed by atoms with van der Waals surface area (Å²) in [5, 5.41) is 0. The maximum atomic E-state index is 3.70. The van der Waals surface area contributed by atoms with Crippen molar-refractivity contribution in [3.05, 3.63) is 20.4 Å². The Morgan fingerprint density at radius 1 is 0.750 bits per heavy atom. The van der Waals surface area contributed by atoms with Gasteiger partial charge >= 0.3 is 0 Å². The maximum absolute atomic E-state index is 3.70. The fourth-order valence-electron chi connectivity index (χ4n) is 1.03. The van der Waals surface area contributed by atoms with Gasteiger partial charge in [-0.25, -0.2) is 0 Å². The minimum absolute atomic E-state index is 1.12. The van der Waals surface area contributed by atoms with E-state index >= 15 is 0 Å². The molecule has 4 heteroatoms. The lowest BCUT2D eigenvalue weighted by atomic mass is 10.3. The van der Waals surface area contributed by atoms with Crippen LogP contribution in [0, 0.1) is 0 Å². The SMILES string of the molecule is C[Si](C)(C)/C(Br)=C/CC/C=C(\Br)[Si](C)(C)C. The van der Waals surface area contributed by atoms with Crippen LogP contribution in [0.15, 0.2) is 20.4 Å². The molecule has 0 aromatic heterocycles. The second-order valence-corrected chi connectivity index (χ2v) is 19.4. The van der Waals surface area contributed by atoms with Gasteiger partial charge in [0.25, 0.3) is 0 Å². The lowest BCUT2D eigenvalue weighted by Crippen LogP contribution is -2.20. The smallest absolute Gasteiger partial charge is 0.0782 e. The van der Waals surface area contributed by atoms with E-state index in [0.29, 0.717) is 0 Å². The zero-order valence-corrected chi connectivity index (χ0v) is 16.5. The zero-order chi connectivity index (χ0) is 13.0. The molecule has 94 valence electrons. The summed E-state index contributed by atoms with van der Waals surface area (Å²) >= 11 is 7.41. The molecule has 0 aliphatic carbocycles. The Hall–Kier alpha value is 0.874. The first-order chi connectivity index (χ1) is 7.05. The molecule has 0 unspecified atom stereocenters. The topological polar surface area (TPSA) is 0 Å². The first-order valence-electron chi connectivity index (χ1n) is 5.77. The molecule has 0 amide bonds. The highest BCUT2D eigenvalue weighted by molar-refractivity contribution is 9.12. The van der Waals surface area contributed by atoms with Crippen molar-refractivity contribution in [3.63, 3.8) is 0 Å². The third-order valence-corrected chi connectivity index (χ3v) is 13.3. The van der Waals surface area contributed by atoms with E-state index < -0.39 is 16.1 Å². The average molecular weight is 384 g/mol. The Morgan fingerprint density at radius 3 is 1.19 bits per heavy atom. The van der Waals surface area contributed by atoms with Gasteiger partial charge in [-0.3, -0.25) is 0 Å². The molecule has 0 aliphatic rings. The van der Waals surface area contributed by atoms with Crippen LogP contribution in [-0.4, -0.2) is 16.1 Å². The first-order valence-corrected chi connectivity index (χ1v) is 14.4. The van der Waals surface area contributed by atoms with E-state index in [1.807, 2.05) is 0 Å². The van der Waals surface area contributed by atoms with E-state index in [1.54, 1.807) is 0 Å². The van der Waals surface area contributed by atoms with Gasteiger partial charge in [-0.05, 0) is 21.1 Å². The van der Waals surface area contributed by atoms with Gasteiger partial charge in [-0.2, -0.15) is 0 Å². The van der Waals surface area contributed by atoms with Crippen molar-refractivity contribution in [2.75, 3.05) is 0 Å². The van der Waals surface area contributed by atoms with E-state index in [-0.39, 0.29) is 0 Å². The summed E-state index contributed by atoms with van der Waals surface area (Å²) in [5.74, 6) is 0. The lowest BCUT2D eigenvalue weighted by Gasteiger charge is -2.16. The average Bonchev–Trinajstić information content (AvgIpc) is 2.08. The molecule has 0 nitrogen and oxygen atoms in total. The quantitative estimate of drug-likeness (QED) is 0.398. The summed E-state index contributed by atoms with van der Waals surface area (Å²) < 4.78 is 2.88. The first kappa shape index (κ1) is 16.9.